The van der Waals surface area contributed by atoms with Gasteiger partial charge in [0.05, 0.1) is 0 Å². The molecule has 2 heterocycles. The Labute approximate surface area is 182 Å². The number of sulfonamides is 1. The van der Waals surface area contributed by atoms with Crippen LogP contribution in [0.1, 0.15) is 30.9 Å². The summed E-state index contributed by atoms with van der Waals surface area (Å²) in [4.78, 5) is 14.6. The normalized spacial score (nSPS) is 18.6. The Morgan fingerprint density at radius 2 is 1.65 bits per heavy atom. The summed E-state index contributed by atoms with van der Waals surface area (Å²) in [6.07, 6.45) is 1.43. The van der Waals surface area contributed by atoms with E-state index in [1.165, 1.54) is 0 Å². The van der Waals surface area contributed by atoms with Gasteiger partial charge in [-0.15, -0.1) is 4.40 Å². The first-order chi connectivity index (χ1) is 14.8. The molecule has 7 nitrogen and oxygen atoms in total. The number of likely N-dealkylation sites (tertiary alicyclic amines) is 1. The molecule has 0 radical (unpaired) electrons. The molecular formula is C23H26N4O3S. The third kappa shape index (κ3) is 4.49. The van der Waals surface area contributed by atoms with Crippen molar-refractivity contribution in [3.63, 3.8) is 0 Å². The van der Waals surface area contributed by atoms with Crippen molar-refractivity contribution in [2.45, 2.75) is 32.7 Å². The molecule has 2 aliphatic heterocycles. The Balaban J connectivity index is 1.39. The number of para-hydroxylation sites is 1. The smallest absolute Gasteiger partial charge is 0.319 e. The summed E-state index contributed by atoms with van der Waals surface area (Å²) < 4.78 is 29.5. The molecule has 4 rings (SSSR count). The topological polar surface area (TPSA) is 90.9 Å². The number of hydrogen-bond donors (Lipinski definition) is 2. The van der Waals surface area contributed by atoms with Crippen molar-refractivity contribution < 1.29 is 13.2 Å². The molecule has 2 N–H and O–H groups in total. The fourth-order valence-corrected chi connectivity index (χ4v) is 5.55. The van der Waals surface area contributed by atoms with Gasteiger partial charge in [0.25, 0.3) is 10.0 Å². The maximum absolute atomic E-state index is 12.7. The number of hydrogen-bond acceptors (Lipinski definition) is 4. The summed E-state index contributed by atoms with van der Waals surface area (Å²) in [6.45, 7) is 5.02. The number of benzene rings is 2. The van der Waals surface area contributed by atoms with E-state index in [1.807, 2.05) is 61.2 Å². The van der Waals surface area contributed by atoms with Crippen LogP contribution in [0, 0.1) is 6.92 Å². The van der Waals surface area contributed by atoms with E-state index < -0.39 is 10.0 Å². The highest BCUT2D eigenvalue weighted by molar-refractivity contribution is 8.00. The lowest BCUT2D eigenvalue weighted by Crippen LogP contribution is -2.47. The quantitative estimate of drug-likeness (QED) is 0.764. The maximum Gasteiger partial charge on any atom is 0.319 e. The van der Waals surface area contributed by atoms with E-state index in [1.54, 1.807) is 12.1 Å². The molecule has 0 aromatic heterocycles. The molecule has 1 saturated heterocycles. The van der Waals surface area contributed by atoms with Crippen LogP contribution in [-0.2, 0) is 10.0 Å². The van der Waals surface area contributed by atoms with Gasteiger partial charge in [0.15, 0.2) is 0 Å². The first-order valence-electron chi connectivity index (χ1n) is 10.3. The SMILES string of the molecule is CC1=C(c2ccccc2)S(=O)(=O)N=C1N1CCC(NC(=O)Nc2ccccc2C)CC1. The van der Waals surface area contributed by atoms with E-state index >= 15 is 0 Å². The van der Waals surface area contributed by atoms with E-state index in [-0.39, 0.29) is 17.0 Å². The summed E-state index contributed by atoms with van der Waals surface area (Å²) >= 11 is 0. The molecule has 8 heteroatoms. The van der Waals surface area contributed by atoms with Crippen molar-refractivity contribution in [2.75, 3.05) is 18.4 Å². The summed E-state index contributed by atoms with van der Waals surface area (Å²) in [5, 5.41) is 5.91. The molecule has 2 aliphatic rings. The fourth-order valence-electron chi connectivity index (χ4n) is 4.07. The van der Waals surface area contributed by atoms with Crippen molar-refractivity contribution in [1.82, 2.24) is 10.2 Å². The Kier molecular flexibility index (Phi) is 5.82. The van der Waals surface area contributed by atoms with Gasteiger partial charge in [0, 0.05) is 30.4 Å². The number of nitrogens with zero attached hydrogens (tertiary/aromatic N) is 2. The van der Waals surface area contributed by atoms with Gasteiger partial charge in [-0.05, 0) is 43.9 Å². The van der Waals surface area contributed by atoms with Crippen LogP contribution < -0.4 is 10.6 Å². The summed E-state index contributed by atoms with van der Waals surface area (Å²) in [5.74, 6) is 0.515. The van der Waals surface area contributed by atoms with Crippen LogP contribution in [0.4, 0.5) is 10.5 Å². The average molecular weight is 439 g/mol. The van der Waals surface area contributed by atoms with E-state index in [2.05, 4.69) is 15.0 Å². The number of nitrogens with one attached hydrogen (secondary N) is 2. The molecule has 2 amide bonds. The lowest BCUT2D eigenvalue weighted by Gasteiger charge is -2.33. The number of carbonyl (C=O) groups excluding carboxylic acids is 1. The van der Waals surface area contributed by atoms with Crippen LogP contribution in [0.25, 0.3) is 4.91 Å². The number of rotatable bonds is 3. The van der Waals surface area contributed by atoms with E-state index in [9.17, 15) is 13.2 Å². The van der Waals surface area contributed by atoms with Gasteiger partial charge >= 0.3 is 6.03 Å². The number of aryl methyl sites for hydroxylation is 1. The zero-order valence-electron chi connectivity index (χ0n) is 17.6. The predicted molar refractivity (Wildman–Crippen MR) is 123 cm³/mol. The maximum atomic E-state index is 12.7. The van der Waals surface area contributed by atoms with Crippen LogP contribution in [0.15, 0.2) is 64.6 Å². The lowest BCUT2D eigenvalue weighted by molar-refractivity contribution is 0.237. The summed E-state index contributed by atoms with van der Waals surface area (Å²) in [7, 11) is -3.71. The van der Waals surface area contributed by atoms with Gasteiger partial charge in [0.2, 0.25) is 0 Å². The average Bonchev–Trinajstić information content (AvgIpc) is 2.99. The second-order valence-corrected chi connectivity index (χ2v) is 9.43. The first kappa shape index (κ1) is 21.1. The monoisotopic (exact) mass is 438 g/mol. The third-order valence-corrected chi connectivity index (χ3v) is 7.17. The molecule has 0 atom stereocenters. The molecule has 2 aromatic rings. The minimum Gasteiger partial charge on any atom is -0.356 e. The number of piperidine rings is 1. The summed E-state index contributed by atoms with van der Waals surface area (Å²) in [5.41, 5.74) is 3.12. The molecular weight excluding hydrogens is 412 g/mol. The second kappa shape index (κ2) is 8.55. The van der Waals surface area contributed by atoms with Gasteiger partial charge < -0.3 is 15.5 Å². The second-order valence-electron chi connectivity index (χ2n) is 7.88. The minimum atomic E-state index is -3.71. The van der Waals surface area contributed by atoms with Crippen LogP contribution in [-0.4, -0.2) is 44.3 Å². The van der Waals surface area contributed by atoms with Gasteiger partial charge in [-0.3, -0.25) is 0 Å². The number of urea groups is 1. The number of carbonyl (C=O) groups is 1. The van der Waals surface area contributed by atoms with E-state index in [4.69, 9.17) is 0 Å². The Morgan fingerprint density at radius 3 is 2.32 bits per heavy atom. The highest BCUT2D eigenvalue weighted by atomic mass is 32.2. The standard InChI is InChI=1S/C23H26N4O3S/c1-16-8-6-7-11-20(16)25-23(28)24-19-12-14-27(15-13-19)22-17(2)21(31(29,30)26-22)18-9-4-3-5-10-18/h3-11,19H,12-15H2,1-2H3,(H2,24,25,28). The highest BCUT2D eigenvalue weighted by Crippen LogP contribution is 2.34. The molecule has 0 bridgehead atoms. The predicted octanol–water partition coefficient (Wildman–Crippen LogP) is 3.75. The van der Waals surface area contributed by atoms with Crippen LogP contribution >= 0.6 is 0 Å². The van der Waals surface area contributed by atoms with Crippen molar-refractivity contribution in [3.05, 3.63) is 71.3 Å². The number of amidine groups is 1. The fraction of sp³-hybridized carbons (Fsp3) is 0.304. The third-order valence-electron chi connectivity index (χ3n) is 5.70. The Hall–Kier alpha value is -3.13. The molecule has 0 spiro atoms. The van der Waals surface area contributed by atoms with Crippen molar-refractivity contribution in [2.24, 2.45) is 4.40 Å². The summed E-state index contributed by atoms with van der Waals surface area (Å²) in [6, 6.07) is 16.5. The first-order valence-corrected chi connectivity index (χ1v) is 11.8. The molecule has 0 saturated carbocycles. The van der Waals surface area contributed by atoms with Crippen molar-refractivity contribution >= 4 is 32.5 Å². The zero-order valence-corrected chi connectivity index (χ0v) is 18.4. The number of anilines is 1. The van der Waals surface area contributed by atoms with E-state index in [0.717, 1.165) is 11.3 Å². The molecule has 31 heavy (non-hydrogen) atoms. The minimum absolute atomic E-state index is 0.0248. The van der Waals surface area contributed by atoms with Gasteiger partial charge in [0.1, 0.15) is 10.7 Å². The Bertz CT molecular complexity index is 1150. The molecule has 2 aromatic carbocycles. The highest BCUT2D eigenvalue weighted by Gasteiger charge is 2.34. The van der Waals surface area contributed by atoms with Crippen molar-refractivity contribution in [3.8, 4) is 0 Å². The largest absolute Gasteiger partial charge is 0.356 e. The molecule has 1 fully saturated rings. The molecule has 0 aliphatic carbocycles. The van der Waals surface area contributed by atoms with Crippen LogP contribution in [0.2, 0.25) is 0 Å². The van der Waals surface area contributed by atoms with Crippen LogP contribution in [0.3, 0.4) is 0 Å². The number of amides is 2. The van der Waals surface area contributed by atoms with Crippen LogP contribution in [0.5, 0.6) is 0 Å². The molecule has 162 valence electrons. The molecule has 0 unspecified atom stereocenters. The van der Waals surface area contributed by atoms with E-state index in [0.29, 0.717) is 42.9 Å². The lowest BCUT2D eigenvalue weighted by atomic mass is 10.0. The Morgan fingerprint density at radius 1 is 1.00 bits per heavy atom. The zero-order chi connectivity index (χ0) is 22.0. The van der Waals surface area contributed by atoms with Crippen molar-refractivity contribution in [1.29, 1.82) is 0 Å². The van der Waals surface area contributed by atoms with Gasteiger partial charge in [-0.1, -0.05) is 48.5 Å². The van der Waals surface area contributed by atoms with Gasteiger partial charge in [-0.2, -0.15) is 8.42 Å². The van der Waals surface area contributed by atoms with Gasteiger partial charge in [-0.25, -0.2) is 4.79 Å².